The van der Waals surface area contributed by atoms with Crippen LogP contribution in [0.1, 0.15) is 18.9 Å². The Hall–Kier alpha value is -1.75. The van der Waals surface area contributed by atoms with E-state index in [0.29, 0.717) is 0 Å². The van der Waals surface area contributed by atoms with Gasteiger partial charge in [-0.25, -0.2) is 4.68 Å². The lowest BCUT2D eigenvalue weighted by Gasteiger charge is -1.99. The molecule has 5 heteroatoms. The number of rotatable bonds is 5. The van der Waals surface area contributed by atoms with E-state index in [2.05, 4.69) is 27.5 Å². The van der Waals surface area contributed by atoms with Gasteiger partial charge in [-0.1, -0.05) is 6.92 Å². The number of aromatic nitrogens is 4. The molecule has 0 fully saturated rings. The van der Waals surface area contributed by atoms with Crippen molar-refractivity contribution in [1.29, 1.82) is 0 Å². The van der Waals surface area contributed by atoms with Gasteiger partial charge in [0.15, 0.2) is 5.82 Å². The molecule has 2 aromatic heterocycles. The van der Waals surface area contributed by atoms with E-state index < -0.39 is 0 Å². The van der Waals surface area contributed by atoms with Crippen LogP contribution in [0.5, 0.6) is 0 Å². The number of hydrogen-bond donors (Lipinski definition) is 1. The molecule has 0 aliphatic heterocycles. The summed E-state index contributed by atoms with van der Waals surface area (Å²) in [6, 6.07) is 3.72. The fourth-order valence-corrected chi connectivity index (χ4v) is 1.40. The molecular formula is C11H15N5. The molecule has 0 bridgehead atoms. The van der Waals surface area contributed by atoms with E-state index in [1.54, 1.807) is 10.9 Å². The molecule has 0 saturated carbocycles. The minimum atomic E-state index is 0.740. The van der Waals surface area contributed by atoms with Crippen LogP contribution in [0, 0.1) is 0 Å². The Labute approximate surface area is 94.5 Å². The molecule has 0 aliphatic rings. The number of hydrogen-bond acceptors (Lipinski definition) is 4. The van der Waals surface area contributed by atoms with Gasteiger partial charge in [0.25, 0.3) is 0 Å². The minimum absolute atomic E-state index is 0.740. The molecule has 0 atom stereocenters. The number of nitrogens with zero attached hydrogens (tertiary/aromatic N) is 4. The van der Waals surface area contributed by atoms with Crippen LogP contribution in [0.15, 0.2) is 30.7 Å². The molecule has 0 unspecified atom stereocenters. The molecule has 0 aromatic carbocycles. The van der Waals surface area contributed by atoms with Gasteiger partial charge in [0.2, 0.25) is 0 Å². The second-order valence-corrected chi connectivity index (χ2v) is 3.55. The molecule has 2 heterocycles. The van der Waals surface area contributed by atoms with E-state index in [1.807, 2.05) is 24.5 Å². The van der Waals surface area contributed by atoms with Crippen LogP contribution in [0.2, 0.25) is 0 Å². The Morgan fingerprint density at radius 1 is 1.44 bits per heavy atom. The van der Waals surface area contributed by atoms with Crippen LogP contribution in [-0.2, 0) is 6.54 Å². The molecule has 0 spiro atoms. The van der Waals surface area contributed by atoms with E-state index in [1.165, 1.54) is 0 Å². The lowest BCUT2D eigenvalue weighted by molar-refractivity contribution is 0.675. The van der Waals surface area contributed by atoms with Crippen molar-refractivity contribution in [3.63, 3.8) is 0 Å². The average Bonchev–Trinajstić information content (AvgIpc) is 2.79. The molecule has 0 aliphatic carbocycles. The van der Waals surface area contributed by atoms with E-state index in [-0.39, 0.29) is 0 Å². The third kappa shape index (κ3) is 2.64. The maximum atomic E-state index is 4.24. The van der Waals surface area contributed by atoms with Crippen molar-refractivity contribution >= 4 is 0 Å². The highest BCUT2D eigenvalue weighted by Gasteiger charge is 2.01. The third-order valence-electron chi connectivity index (χ3n) is 2.18. The fraction of sp³-hybridized carbons (Fsp3) is 0.364. The Balaban J connectivity index is 2.02. The maximum absolute atomic E-state index is 4.24. The Bertz CT molecular complexity index is 423. The summed E-state index contributed by atoms with van der Waals surface area (Å²) in [5, 5.41) is 15.4. The summed E-state index contributed by atoms with van der Waals surface area (Å²) in [6.45, 7) is 4.01. The number of nitrogens with one attached hydrogen (secondary N) is 1. The molecule has 0 radical (unpaired) electrons. The molecule has 0 saturated heterocycles. The van der Waals surface area contributed by atoms with Crippen LogP contribution in [-0.4, -0.2) is 26.5 Å². The lowest BCUT2D eigenvalue weighted by atomic mass is 10.3. The normalized spacial score (nSPS) is 10.6. The van der Waals surface area contributed by atoms with Crippen molar-refractivity contribution in [2.75, 3.05) is 6.54 Å². The van der Waals surface area contributed by atoms with Gasteiger partial charge < -0.3 is 5.32 Å². The lowest BCUT2D eigenvalue weighted by Crippen LogP contribution is -2.13. The molecule has 84 valence electrons. The summed E-state index contributed by atoms with van der Waals surface area (Å²) in [5.41, 5.74) is 1.15. The van der Waals surface area contributed by atoms with Crippen LogP contribution < -0.4 is 5.32 Å². The van der Waals surface area contributed by atoms with E-state index in [0.717, 1.165) is 30.9 Å². The smallest absolute Gasteiger partial charge is 0.175 e. The standard InChI is InChI=1S/C11H15N5/c1-2-5-12-7-10-8-14-16(9-10)11-4-3-6-13-15-11/h3-4,6,8-9,12H,2,5,7H2,1H3. The minimum Gasteiger partial charge on any atom is -0.313 e. The summed E-state index contributed by atoms with van der Waals surface area (Å²) < 4.78 is 1.73. The first kappa shape index (κ1) is 10.8. The highest BCUT2D eigenvalue weighted by atomic mass is 15.3. The second kappa shape index (κ2) is 5.37. The Morgan fingerprint density at radius 3 is 3.12 bits per heavy atom. The van der Waals surface area contributed by atoms with Crippen LogP contribution in [0.25, 0.3) is 5.82 Å². The van der Waals surface area contributed by atoms with Gasteiger partial charge in [-0.2, -0.15) is 10.2 Å². The van der Waals surface area contributed by atoms with E-state index in [9.17, 15) is 0 Å². The van der Waals surface area contributed by atoms with Crippen molar-refractivity contribution < 1.29 is 0 Å². The highest BCUT2D eigenvalue weighted by Crippen LogP contribution is 2.03. The zero-order chi connectivity index (χ0) is 11.2. The molecule has 0 amide bonds. The monoisotopic (exact) mass is 217 g/mol. The topological polar surface area (TPSA) is 55.6 Å². The molecule has 1 N–H and O–H groups in total. The summed E-state index contributed by atoms with van der Waals surface area (Å²) in [7, 11) is 0. The molecule has 2 aromatic rings. The van der Waals surface area contributed by atoms with Crippen LogP contribution in [0.4, 0.5) is 0 Å². The molecule has 2 rings (SSSR count). The first-order valence-electron chi connectivity index (χ1n) is 5.42. The van der Waals surface area contributed by atoms with Gasteiger partial charge in [0, 0.05) is 24.5 Å². The summed E-state index contributed by atoms with van der Waals surface area (Å²) in [6.07, 6.45) is 6.60. The summed E-state index contributed by atoms with van der Waals surface area (Å²) >= 11 is 0. The summed E-state index contributed by atoms with van der Waals surface area (Å²) in [4.78, 5) is 0. The molecular weight excluding hydrogens is 202 g/mol. The van der Waals surface area contributed by atoms with Gasteiger partial charge >= 0.3 is 0 Å². The molecule has 16 heavy (non-hydrogen) atoms. The van der Waals surface area contributed by atoms with Crippen LogP contribution >= 0.6 is 0 Å². The maximum Gasteiger partial charge on any atom is 0.175 e. The van der Waals surface area contributed by atoms with Gasteiger partial charge in [0.05, 0.1) is 6.20 Å². The quantitative estimate of drug-likeness (QED) is 0.764. The Kier molecular flexibility index (Phi) is 3.61. The predicted molar refractivity (Wildman–Crippen MR) is 61.2 cm³/mol. The highest BCUT2D eigenvalue weighted by molar-refractivity contribution is 5.20. The average molecular weight is 217 g/mol. The SMILES string of the molecule is CCCNCc1cnn(-c2cccnn2)c1. The predicted octanol–water partition coefficient (Wildman–Crippen LogP) is 1.16. The second-order valence-electron chi connectivity index (χ2n) is 3.55. The van der Waals surface area contributed by atoms with Crippen molar-refractivity contribution in [3.8, 4) is 5.82 Å². The third-order valence-corrected chi connectivity index (χ3v) is 2.18. The van der Waals surface area contributed by atoms with Gasteiger partial charge in [0.1, 0.15) is 0 Å². The largest absolute Gasteiger partial charge is 0.313 e. The zero-order valence-electron chi connectivity index (χ0n) is 9.30. The molecule has 5 nitrogen and oxygen atoms in total. The first-order valence-corrected chi connectivity index (χ1v) is 5.42. The van der Waals surface area contributed by atoms with Crippen molar-refractivity contribution in [1.82, 2.24) is 25.3 Å². The van der Waals surface area contributed by atoms with Gasteiger partial charge in [-0.15, -0.1) is 5.10 Å². The van der Waals surface area contributed by atoms with Crippen LogP contribution in [0.3, 0.4) is 0 Å². The summed E-state index contributed by atoms with van der Waals surface area (Å²) in [5.74, 6) is 0.740. The van der Waals surface area contributed by atoms with Gasteiger partial charge in [-0.05, 0) is 25.1 Å². The zero-order valence-corrected chi connectivity index (χ0v) is 9.30. The first-order chi connectivity index (χ1) is 7.90. The van der Waals surface area contributed by atoms with Crippen molar-refractivity contribution in [3.05, 3.63) is 36.3 Å². The van der Waals surface area contributed by atoms with E-state index in [4.69, 9.17) is 0 Å². The van der Waals surface area contributed by atoms with Crippen molar-refractivity contribution in [2.45, 2.75) is 19.9 Å². The fourth-order valence-electron chi connectivity index (χ4n) is 1.40. The van der Waals surface area contributed by atoms with Gasteiger partial charge in [-0.3, -0.25) is 0 Å². The Morgan fingerprint density at radius 2 is 2.38 bits per heavy atom. The van der Waals surface area contributed by atoms with Crippen molar-refractivity contribution in [2.24, 2.45) is 0 Å². The van der Waals surface area contributed by atoms with E-state index >= 15 is 0 Å².